The molecule has 0 spiro atoms. The van der Waals surface area contributed by atoms with E-state index in [1.165, 1.54) is 0 Å². The number of rotatable bonds is 3. The number of aromatic amines is 1. The number of carbonyl (C=O) groups excluding carboxylic acids is 1. The van der Waals surface area contributed by atoms with Crippen molar-refractivity contribution >= 4 is 11.7 Å². The molecule has 2 heterocycles. The van der Waals surface area contributed by atoms with Crippen molar-refractivity contribution in [2.75, 3.05) is 18.5 Å². The molecule has 98 valence electrons. The number of carbonyl (C=O) groups is 1. The maximum atomic E-state index is 11.9. The topological polar surface area (TPSA) is 67.0 Å². The van der Waals surface area contributed by atoms with Crippen molar-refractivity contribution in [1.82, 2.24) is 10.2 Å². The molecule has 0 aromatic carbocycles. The zero-order chi connectivity index (χ0) is 12.6. The van der Waals surface area contributed by atoms with Gasteiger partial charge < -0.3 is 10.1 Å². The van der Waals surface area contributed by atoms with Crippen LogP contribution >= 0.6 is 0 Å². The maximum Gasteiger partial charge on any atom is 0.231 e. The number of amides is 1. The van der Waals surface area contributed by atoms with E-state index in [1.807, 2.05) is 13.0 Å². The van der Waals surface area contributed by atoms with Gasteiger partial charge in [-0.25, -0.2) is 0 Å². The molecule has 1 aromatic heterocycles. The summed E-state index contributed by atoms with van der Waals surface area (Å²) in [6.45, 7) is 3.61. The van der Waals surface area contributed by atoms with Crippen molar-refractivity contribution in [2.24, 2.45) is 5.41 Å². The van der Waals surface area contributed by atoms with Gasteiger partial charge in [-0.2, -0.15) is 5.10 Å². The number of anilines is 1. The molecule has 0 unspecified atom stereocenters. The average molecular weight is 249 g/mol. The Kier molecular flexibility index (Phi) is 2.86. The molecule has 0 atom stereocenters. The first kappa shape index (κ1) is 11.7. The van der Waals surface area contributed by atoms with Gasteiger partial charge in [-0.05, 0) is 25.7 Å². The number of ether oxygens (including phenoxy) is 1. The smallest absolute Gasteiger partial charge is 0.231 e. The van der Waals surface area contributed by atoms with Crippen LogP contribution in [-0.2, 0) is 9.53 Å². The Balaban J connectivity index is 1.64. The summed E-state index contributed by atoms with van der Waals surface area (Å²) < 4.78 is 5.34. The van der Waals surface area contributed by atoms with Crippen molar-refractivity contribution in [3.63, 3.8) is 0 Å². The van der Waals surface area contributed by atoms with E-state index < -0.39 is 0 Å². The van der Waals surface area contributed by atoms with E-state index in [0.29, 0.717) is 11.7 Å². The first-order valence-electron chi connectivity index (χ1n) is 6.62. The molecule has 18 heavy (non-hydrogen) atoms. The molecule has 0 bridgehead atoms. The summed E-state index contributed by atoms with van der Waals surface area (Å²) in [5.41, 5.74) is 0.951. The average Bonchev–Trinajstić information content (AvgIpc) is 2.98. The third-order valence-electron chi connectivity index (χ3n) is 4.05. The highest BCUT2D eigenvalue weighted by Crippen LogP contribution is 2.45. The second-order valence-corrected chi connectivity index (χ2v) is 5.61. The lowest BCUT2D eigenvalue weighted by molar-refractivity contribution is -0.120. The van der Waals surface area contributed by atoms with Gasteiger partial charge in [-0.15, -0.1) is 0 Å². The van der Waals surface area contributed by atoms with Crippen LogP contribution in [0.15, 0.2) is 6.07 Å². The van der Waals surface area contributed by atoms with Crippen LogP contribution in [0.1, 0.15) is 44.2 Å². The van der Waals surface area contributed by atoms with Gasteiger partial charge in [-0.3, -0.25) is 9.89 Å². The van der Waals surface area contributed by atoms with Gasteiger partial charge in [0.2, 0.25) is 5.91 Å². The van der Waals surface area contributed by atoms with E-state index in [0.717, 1.165) is 44.6 Å². The third kappa shape index (κ3) is 2.27. The second kappa shape index (κ2) is 4.39. The molecule has 2 fully saturated rings. The second-order valence-electron chi connectivity index (χ2n) is 5.61. The van der Waals surface area contributed by atoms with Crippen LogP contribution in [0.5, 0.6) is 0 Å². The van der Waals surface area contributed by atoms with Crippen molar-refractivity contribution in [1.29, 1.82) is 0 Å². The summed E-state index contributed by atoms with van der Waals surface area (Å²) in [5, 5.41) is 10.1. The van der Waals surface area contributed by atoms with E-state index in [-0.39, 0.29) is 11.3 Å². The monoisotopic (exact) mass is 249 g/mol. The van der Waals surface area contributed by atoms with Crippen LogP contribution < -0.4 is 5.32 Å². The van der Waals surface area contributed by atoms with Crippen LogP contribution in [0.3, 0.4) is 0 Å². The molecule has 5 nitrogen and oxygen atoms in total. The lowest BCUT2D eigenvalue weighted by Crippen LogP contribution is -2.21. The fraction of sp³-hybridized carbons (Fsp3) is 0.692. The Morgan fingerprint density at radius 2 is 2.22 bits per heavy atom. The lowest BCUT2D eigenvalue weighted by atomic mass is 9.97. The van der Waals surface area contributed by atoms with Crippen LogP contribution in [0.25, 0.3) is 0 Å². The Hall–Kier alpha value is -1.36. The molecule has 0 radical (unpaired) electrons. The van der Waals surface area contributed by atoms with Crippen molar-refractivity contribution in [2.45, 2.75) is 38.5 Å². The molecular weight excluding hydrogens is 230 g/mol. The van der Waals surface area contributed by atoms with E-state index in [4.69, 9.17) is 4.74 Å². The van der Waals surface area contributed by atoms with Gasteiger partial charge in [0, 0.05) is 36.3 Å². The quantitative estimate of drug-likeness (QED) is 0.861. The van der Waals surface area contributed by atoms with Crippen molar-refractivity contribution in [3.05, 3.63) is 11.8 Å². The van der Waals surface area contributed by atoms with Gasteiger partial charge in [0.1, 0.15) is 0 Å². The molecule has 2 aliphatic rings. The SMILES string of the molecule is CC1(C(=O)Nc2cc(C3CCOCC3)[nH]n2)CC1. The van der Waals surface area contributed by atoms with Gasteiger partial charge in [0.25, 0.3) is 0 Å². The van der Waals surface area contributed by atoms with Crippen LogP contribution in [0.2, 0.25) is 0 Å². The van der Waals surface area contributed by atoms with Gasteiger partial charge >= 0.3 is 0 Å². The first-order valence-corrected chi connectivity index (χ1v) is 6.62. The molecule has 3 rings (SSSR count). The number of H-pyrrole nitrogens is 1. The summed E-state index contributed by atoms with van der Waals surface area (Å²) in [6.07, 6.45) is 4.01. The molecular formula is C13H19N3O2. The van der Waals surface area contributed by atoms with E-state index in [2.05, 4.69) is 15.5 Å². The van der Waals surface area contributed by atoms with Crippen LogP contribution in [0.4, 0.5) is 5.82 Å². The molecule has 5 heteroatoms. The molecule has 1 saturated heterocycles. The molecule has 1 aromatic rings. The zero-order valence-electron chi connectivity index (χ0n) is 10.7. The molecule has 1 aliphatic heterocycles. The minimum absolute atomic E-state index is 0.0903. The summed E-state index contributed by atoms with van der Waals surface area (Å²) in [7, 11) is 0. The summed E-state index contributed by atoms with van der Waals surface area (Å²) in [4.78, 5) is 11.9. The predicted molar refractivity (Wildman–Crippen MR) is 67.4 cm³/mol. The largest absolute Gasteiger partial charge is 0.381 e. The highest BCUT2D eigenvalue weighted by atomic mass is 16.5. The Bertz CT molecular complexity index is 445. The van der Waals surface area contributed by atoms with E-state index in [9.17, 15) is 4.79 Å². The van der Waals surface area contributed by atoms with Crippen LogP contribution in [0, 0.1) is 5.41 Å². The first-order chi connectivity index (χ1) is 8.67. The third-order valence-corrected chi connectivity index (χ3v) is 4.05. The van der Waals surface area contributed by atoms with Crippen molar-refractivity contribution in [3.8, 4) is 0 Å². The minimum Gasteiger partial charge on any atom is -0.381 e. The van der Waals surface area contributed by atoms with Gasteiger partial charge in [-0.1, -0.05) is 6.92 Å². The van der Waals surface area contributed by atoms with Crippen molar-refractivity contribution < 1.29 is 9.53 Å². The van der Waals surface area contributed by atoms with Crippen LogP contribution in [-0.4, -0.2) is 29.3 Å². The number of hydrogen-bond donors (Lipinski definition) is 2. The fourth-order valence-electron chi connectivity index (χ4n) is 2.30. The normalized spacial score (nSPS) is 22.7. The molecule has 1 aliphatic carbocycles. The summed E-state index contributed by atoms with van der Waals surface area (Å²) in [6, 6.07) is 1.96. The molecule has 2 N–H and O–H groups in total. The predicted octanol–water partition coefficient (Wildman–Crippen LogP) is 2.04. The molecule has 1 saturated carbocycles. The highest BCUT2D eigenvalue weighted by molar-refractivity contribution is 5.96. The molecule has 1 amide bonds. The Labute approximate surface area is 106 Å². The van der Waals surface area contributed by atoms with E-state index in [1.54, 1.807) is 0 Å². The zero-order valence-corrected chi connectivity index (χ0v) is 10.7. The summed E-state index contributed by atoms with van der Waals surface area (Å²) in [5.74, 6) is 1.22. The van der Waals surface area contributed by atoms with Gasteiger partial charge in [0.05, 0.1) is 0 Å². The number of aromatic nitrogens is 2. The number of nitrogens with one attached hydrogen (secondary N) is 2. The summed E-state index contributed by atoms with van der Waals surface area (Å²) >= 11 is 0. The van der Waals surface area contributed by atoms with E-state index >= 15 is 0 Å². The highest BCUT2D eigenvalue weighted by Gasteiger charge is 2.45. The van der Waals surface area contributed by atoms with Gasteiger partial charge in [0.15, 0.2) is 5.82 Å². The Morgan fingerprint density at radius 1 is 1.50 bits per heavy atom. The fourth-order valence-corrected chi connectivity index (χ4v) is 2.30. The lowest BCUT2D eigenvalue weighted by Gasteiger charge is -2.20. The minimum atomic E-state index is -0.155. The standard InChI is InChI=1S/C13H19N3O2/c1-13(4-5-13)12(17)14-11-8-10(15-16-11)9-2-6-18-7-3-9/h8-9H,2-7H2,1H3,(H2,14,15,16,17). The Morgan fingerprint density at radius 3 is 2.89 bits per heavy atom. The number of hydrogen-bond acceptors (Lipinski definition) is 3. The number of nitrogens with zero attached hydrogens (tertiary/aromatic N) is 1. The maximum absolute atomic E-state index is 11.9.